The lowest BCUT2D eigenvalue weighted by molar-refractivity contribution is -0.113. The highest BCUT2D eigenvalue weighted by Crippen LogP contribution is 2.28. The van der Waals surface area contributed by atoms with Gasteiger partial charge in [0, 0.05) is 39.6 Å². The number of halogens is 2. The molecule has 2 aromatic carbocycles. The summed E-state index contributed by atoms with van der Waals surface area (Å²) in [6.45, 7) is 4.36. The number of aromatic nitrogens is 4. The third-order valence-corrected chi connectivity index (χ3v) is 7.05. The largest absolute Gasteiger partial charge is 0.301 e. The topological polar surface area (TPSA) is 72.7 Å². The van der Waals surface area contributed by atoms with E-state index in [0.29, 0.717) is 33.3 Å². The van der Waals surface area contributed by atoms with Crippen molar-refractivity contribution in [2.45, 2.75) is 18.1 Å². The van der Waals surface area contributed by atoms with E-state index in [9.17, 15) is 4.79 Å². The summed E-state index contributed by atoms with van der Waals surface area (Å²) in [7, 11) is 0. The second-order valence-electron chi connectivity index (χ2n) is 6.95. The maximum Gasteiger partial charge on any atom is 0.236 e. The molecule has 0 unspecified atom stereocenters. The molecule has 0 aliphatic heterocycles. The van der Waals surface area contributed by atoms with Gasteiger partial charge in [0.15, 0.2) is 16.1 Å². The maximum absolute atomic E-state index is 12.5. The molecule has 6 nitrogen and oxygen atoms in total. The number of rotatable bonds is 9. The average Bonchev–Trinajstić information content (AvgIpc) is 3.42. The number of anilines is 1. The fourth-order valence-corrected chi connectivity index (χ4v) is 5.07. The number of nitrogens with one attached hydrogen (secondary N) is 1. The van der Waals surface area contributed by atoms with E-state index in [1.54, 1.807) is 24.4 Å². The number of amides is 1. The van der Waals surface area contributed by atoms with Crippen LogP contribution in [0.5, 0.6) is 0 Å². The number of allylic oxidation sites excluding steroid dienone is 1. The van der Waals surface area contributed by atoms with Gasteiger partial charge in [0.2, 0.25) is 5.91 Å². The van der Waals surface area contributed by atoms with Crippen LogP contribution in [0.4, 0.5) is 5.13 Å². The Labute approximate surface area is 209 Å². The second-order valence-corrected chi connectivity index (χ2v) is 9.85. The van der Waals surface area contributed by atoms with Crippen molar-refractivity contribution in [2.75, 3.05) is 11.1 Å². The highest BCUT2D eigenvalue weighted by molar-refractivity contribution is 7.99. The number of carbonyl (C=O) groups is 1. The first-order chi connectivity index (χ1) is 16.0. The maximum atomic E-state index is 12.5. The molecule has 0 radical (unpaired) electrons. The van der Waals surface area contributed by atoms with Crippen molar-refractivity contribution in [3.63, 3.8) is 0 Å². The molecule has 0 aliphatic carbocycles. The van der Waals surface area contributed by atoms with Crippen LogP contribution in [-0.4, -0.2) is 31.4 Å². The van der Waals surface area contributed by atoms with Crippen molar-refractivity contribution in [1.29, 1.82) is 0 Å². The first kappa shape index (κ1) is 23.5. The van der Waals surface area contributed by atoms with Crippen LogP contribution in [-0.2, 0) is 17.8 Å². The molecule has 10 heteroatoms. The van der Waals surface area contributed by atoms with E-state index in [1.807, 2.05) is 41.0 Å². The van der Waals surface area contributed by atoms with Crippen molar-refractivity contribution in [3.8, 4) is 11.4 Å². The van der Waals surface area contributed by atoms with Gasteiger partial charge in [-0.25, -0.2) is 4.98 Å². The van der Waals surface area contributed by atoms with Crippen molar-refractivity contribution in [1.82, 2.24) is 19.7 Å². The van der Waals surface area contributed by atoms with E-state index >= 15 is 0 Å². The summed E-state index contributed by atoms with van der Waals surface area (Å²) >= 11 is 15.0. The molecule has 0 atom stereocenters. The lowest BCUT2D eigenvalue weighted by Gasteiger charge is -2.07. The fourth-order valence-electron chi connectivity index (χ4n) is 3.09. The van der Waals surface area contributed by atoms with Crippen molar-refractivity contribution in [3.05, 3.63) is 87.9 Å². The van der Waals surface area contributed by atoms with Gasteiger partial charge in [-0.1, -0.05) is 71.4 Å². The quantitative estimate of drug-likeness (QED) is 0.211. The standard InChI is InChI=1S/C23H19Cl2N5OS2/c1-2-10-30-21(15-6-4-3-5-7-15)28-29-23(30)32-14-20(31)27-22-26-13-18(33-22)12-16-11-17(24)8-9-19(16)25/h2-9,11,13H,1,10,12,14H2,(H,26,27,31). The van der Waals surface area contributed by atoms with Crippen LogP contribution in [0.2, 0.25) is 10.0 Å². The van der Waals surface area contributed by atoms with Gasteiger partial charge < -0.3 is 5.32 Å². The first-order valence-corrected chi connectivity index (χ1v) is 12.5. The van der Waals surface area contributed by atoms with Gasteiger partial charge >= 0.3 is 0 Å². The van der Waals surface area contributed by atoms with Crippen molar-refractivity contribution < 1.29 is 4.79 Å². The summed E-state index contributed by atoms with van der Waals surface area (Å²) in [5, 5.41) is 13.9. The lowest BCUT2D eigenvalue weighted by Crippen LogP contribution is -2.14. The zero-order valence-electron chi connectivity index (χ0n) is 17.4. The Morgan fingerprint density at radius 2 is 2.00 bits per heavy atom. The van der Waals surface area contributed by atoms with Crippen LogP contribution < -0.4 is 5.32 Å². The molecule has 0 fully saturated rings. The molecule has 2 heterocycles. The molecule has 0 saturated heterocycles. The van der Waals surface area contributed by atoms with Crippen LogP contribution in [0, 0.1) is 0 Å². The van der Waals surface area contributed by atoms with Crippen LogP contribution >= 0.6 is 46.3 Å². The molecule has 2 aromatic heterocycles. The third kappa shape index (κ3) is 6.03. The molecule has 4 rings (SSSR count). The van der Waals surface area contributed by atoms with Crippen LogP contribution in [0.25, 0.3) is 11.4 Å². The molecule has 0 bridgehead atoms. The van der Waals surface area contributed by atoms with Crippen molar-refractivity contribution >= 4 is 57.3 Å². The minimum absolute atomic E-state index is 0.170. The Morgan fingerprint density at radius 3 is 2.79 bits per heavy atom. The van der Waals surface area contributed by atoms with Gasteiger partial charge in [-0.2, -0.15) is 0 Å². The first-order valence-electron chi connectivity index (χ1n) is 9.94. The molecule has 168 valence electrons. The van der Waals surface area contributed by atoms with E-state index in [0.717, 1.165) is 21.8 Å². The summed E-state index contributed by atoms with van der Waals surface area (Å²) in [6, 6.07) is 15.2. The predicted molar refractivity (Wildman–Crippen MR) is 136 cm³/mol. The summed E-state index contributed by atoms with van der Waals surface area (Å²) in [4.78, 5) is 17.8. The Balaban J connectivity index is 1.38. The number of benzene rings is 2. The highest BCUT2D eigenvalue weighted by Gasteiger charge is 2.15. The molecule has 0 aliphatic rings. The molecule has 0 saturated carbocycles. The summed E-state index contributed by atoms with van der Waals surface area (Å²) < 4.78 is 1.94. The normalized spacial score (nSPS) is 10.8. The number of nitrogens with zero attached hydrogens (tertiary/aromatic N) is 4. The minimum atomic E-state index is -0.170. The SMILES string of the molecule is C=CCn1c(SCC(=O)Nc2ncc(Cc3cc(Cl)ccc3Cl)s2)nnc1-c1ccccc1. The number of thiazole rings is 1. The molecular weight excluding hydrogens is 497 g/mol. The monoisotopic (exact) mass is 515 g/mol. The van der Waals surface area contributed by atoms with E-state index in [2.05, 4.69) is 27.1 Å². The van der Waals surface area contributed by atoms with Gasteiger partial charge in [0.05, 0.1) is 5.75 Å². The zero-order chi connectivity index (χ0) is 23.2. The lowest BCUT2D eigenvalue weighted by atomic mass is 10.1. The molecule has 1 amide bonds. The smallest absolute Gasteiger partial charge is 0.236 e. The average molecular weight is 516 g/mol. The molecule has 0 spiro atoms. The molecule has 4 aromatic rings. The Kier molecular flexibility index (Phi) is 7.82. The van der Waals surface area contributed by atoms with E-state index in [-0.39, 0.29) is 11.7 Å². The van der Waals surface area contributed by atoms with Crippen molar-refractivity contribution in [2.24, 2.45) is 0 Å². The summed E-state index contributed by atoms with van der Waals surface area (Å²) in [5.41, 5.74) is 1.87. The van der Waals surface area contributed by atoms with E-state index in [1.165, 1.54) is 23.1 Å². The second kappa shape index (κ2) is 11.0. The number of carbonyl (C=O) groups excluding carboxylic acids is 1. The predicted octanol–water partition coefficient (Wildman–Crippen LogP) is 6.22. The van der Waals surface area contributed by atoms with Gasteiger partial charge in [-0.15, -0.1) is 28.1 Å². The highest BCUT2D eigenvalue weighted by atomic mass is 35.5. The van der Waals surface area contributed by atoms with Gasteiger partial charge in [0.25, 0.3) is 0 Å². The summed E-state index contributed by atoms with van der Waals surface area (Å²) in [5.74, 6) is 0.748. The minimum Gasteiger partial charge on any atom is -0.301 e. The number of thioether (sulfide) groups is 1. The zero-order valence-corrected chi connectivity index (χ0v) is 20.5. The summed E-state index contributed by atoms with van der Waals surface area (Å²) in [6.07, 6.45) is 4.11. The number of hydrogen-bond acceptors (Lipinski definition) is 6. The van der Waals surface area contributed by atoms with E-state index < -0.39 is 0 Å². The van der Waals surface area contributed by atoms with E-state index in [4.69, 9.17) is 23.2 Å². The van der Waals surface area contributed by atoms with Crippen LogP contribution in [0.1, 0.15) is 10.4 Å². The van der Waals surface area contributed by atoms with Crippen LogP contribution in [0.3, 0.4) is 0 Å². The Hall–Kier alpha value is -2.65. The Morgan fingerprint density at radius 1 is 1.18 bits per heavy atom. The third-order valence-electron chi connectivity index (χ3n) is 4.57. The number of hydrogen-bond donors (Lipinski definition) is 1. The van der Waals surface area contributed by atoms with Crippen LogP contribution in [0.15, 0.2) is 72.5 Å². The Bertz CT molecular complexity index is 1270. The van der Waals surface area contributed by atoms with Gasteiger partial charge in [0.1, 0.15) is 0 Å². The molecular formula is C23H19Cl2N5OS2. The molecule has 33 heavy (non-hydrogen) atoms. The van der Waals surface area contributed by atoms with Gasteiger partial charge in [-0.05, 0) is 23.8 Å². The van der Waals surface area contributed by atoms with Gasteiger partial charge in [-0.3, -0.25) is 9.36 Å². The fraction of sp³-hybridized carbons (Fsp3) is 0.130. The molecule has 1 N–H and O–H groups in total.